The van der Waals surface area contributed by atoms with Crippen LogP contribution in [-0.4, -0.2) is 17.6 Å². The SMILES string of the molecule is C=Cc1ccc2c(N)c(C(=O)OC)c(=O)n(-c3ccccc3)c2c1. The van der Waals surface area contributed by atoms with Crippen molar-refractivity contribution in [3.63, 3.8) is 0 Å². The van der Waals surface area contributed by atoms with E-state index in [0.717, 1.165) is 5.56 Å². The van der Waals surface area contributed by atoms with Gasteiger partial charge in [0.2, 0.25) is 0 Å². The summed E-state index contributed by atoms with van der Waals surface area (Å²) in [5.74, 6) is -0.753. The topological polar surface area (TPSA) is 74.3 Å². The Hall–Kier alpha value is -3.34. The van der Waals surface area contributed by atoms with Gasteiger partial charge in [0.1, 0.15) is 5.56 Å². The van der Waals surface area contributed by atoms with Gasteiger partial charge in [-0.05, 0) is 23.8 Å². The lowest BCUT2D eigenvalue weighted by atomic mass is 10.1. The number of rotatable bonds is 3. The van der Waals surface area contributed by atoms with Crippen molar-refractivity contribution in [3.05, 3.63) is 76.6 Å². The number of aromatic nitrogens is 1. The summed E-state index contributed by atoms with van der Waals surface area (Å²) in [7, 11) is 1.22. The summed E-state index contributed by atoms with van der Waals surface area (Å²) in [5.41, 5.74) is 7.62. The Morgan fingerprint density at radius 2 is 1.92 bits per heavy atom. The van der Waals surface area contributed by atoms with Crippen molar-refractivity contribution >= 4 is 28.6 Å². The summed E-state index contributed by atoms with van der Waals surface area (Å²) in [6.07, 6.45) is 1.68. The summed E-state index contributed by atoms with van der Waals surface area (Å²) in [6.45, 7) is 3.75. The molecule has 0 bridgehead atoms. The molecule has 0 saturated heterocycles. The van der Waals surface area contributed by atoms with Crippen LogP contribution in [0.15, 0.2) is 59.9 Å². The Morgan fingerprint density at radius 3 is 2.54 bits per heavy atom. The molecular weight excluding hydrogens is 304 g/mol. The minimum atomic E-state index is -0.753. The number of esters is 1. The number of para-hydroxylation sites is 1. The summed E-state index contributed by atoms with van der Waals surface area (Å²) in [4.78, 5) is 25.0. The first-order valence-corrected chi connectivity index (χ1v) is 7.33. The summed E-state index contributed by atoms with van der Waals surface area (Å²) in [5, 5.41) is 0.601. The molecule has 0 saturated carbocycles. The number of carbonyl (C=O) groups excluding carboxylic acids is 1. The standard InChI is InChI=1S/C19H16N2O3/c1-3-12-9-10-14-15(11-12)21(13-7-5-4-6-8-13)18(22)16(17(14)20)19(23)24-2/h3-11H,1,20H2,2H3. The number of ether oxygens (including phenoxy) is 1. The van der Waals surface area contributed by atoms with Gasteiger partial charge in [0.05, 0.1) is 18.3 Å². The highest BCUT2D eigenvalue weighted by Crippen LogP contribution is 2.26. The first kappa shape index (κ1) is 15.6. The molecule has 3 rings (SSSR count). The van der Waals surface area contributed by atoms with E-state index in [-0.39, 0.29) is 11.3 Å². The molecule has 5 heteroatoms. The highest BCUT2D eigenvalue weighted by Gasteiger charge is 2.22. The predicted octanol–water partition coefficient (Wildman–Crippen LogP) is 3.00. The molecule has 0 aliphatic carbocycles. The van der Waals surface area contributed by atoms with Gasteiger partial charge in [-0.1, -0.05) is 43.0 Å². The van der Waals surface area contributed by atoms with E-state index in [4.69, 9.17) is 10.5 Å². The quantitative estimate of drug-likeness (QED) is 0.753. The van der Waals surface area contributed by atoms with E-state index in [2.05, 4.69) is 6.58 Å². The van der Waals surface area contributed by atoms with E-state index in [1.165, 1.54) is 11.7 Å². The Kier molecular flexibility index (Phi) is 3.92. The number of nitrogen functional groups attached to an aromatic ring is 1. The number of pyridine rings is 1. The van der Waals surface area contributed by atoms with Crippen molar-refractivity contribution in [2.75, 3.05) is 12.8 Å². The fraction of sp³-hybridized carbons (Fsp3) is 0.0526. The maximum atomic E-state index is 13.0. The number of methoxy groups -OCH3 is 1. The zero-order valence-electron chi connectivity index (χ0n) is 13.2. The number of benzene rings is 2. The van der Waals surface area contributed by atoms with Gasteiger partial charge in [-0.25, -0.2) is 4.79 Å². The van der Waals surface area contributed by atoms with Gasteiger partial charge in [-0.15, -0.1) is 0 Å². The molecule has 5 nitrogen and oxygen atoms in total. The lowest BCUT2D eigenvalue weighted by Gasteiger charge is -2.15. The first-order chi connectivity index (χ1) is 11.6. The monoisotopic (exact) mass is 320 g/mol. The molecule has 24 heavy (non-hydrogen) atoms. The molecule has 1 aromatic heterocycles. The molecule has 0 amide bonds. The van der Waals surface area contributed by atoms with Gasteiger partial charge in [0, 0.05) is 11.1 Å². The molecule has 3 aromatic rings. The normalized spacial score (nSPS) is 10.5. The largest absolute Gasteiger partial charge is 0.465 e. The van der Waals surface area contributed by atoms with Gasteiger partial charge in [-0.3, -0.25) is 9.36 Å². The van der Waals surface area contributed by atoms with Gasteiger partial charge in [-0.2, -0.15) is 0 Å². The molecule has 120 valence electrons. The van der Waals surface area contributed by atoms with Crippen molar-refractivity contribution in [2.45, 2.75) is 0 Å². The highest BCUT2D eigenvalue weighted by molar-refractivity contribution is 6.04. The van der Waals surface area contributed by atoms with E-state index < -0.39 is 11.5 Å². The summed E-state index contributed by atoms with van der Waals surface area (Å²) in [6, 6.07) is 14.5. The van der Waals surface area contributed by atoms with Crippen molar-refractivity contribution in [1.82, 2.24) is 4.57 Å². The van der Waals surface area contributed by atoms with Crippen LogP contribution < -0.4 is 11.3 Å². The lowest BCUT2D eigenvalue weighted by molar-refractivity contribution is 0.0600. The summed E-state index contributed by atoms with van der Waals surface area (Å²) >= 11 is 0. The molecule has 2 N–H and O–H groups in total. The van der Waals surface area contributed by atoms with Crippen LogP contribution in [0, 0.1) is 0 Å². The van der Waals surface area contributed by atoms with E-state index in [1.54, 1.807) is 24.3 Å². The maximum Gasteiger partial charge on any atom is 0.345 e. The van der Waals surface area contributed by atoms with E-state index in [1.807, 2.05) is 30.3 Å². The minimum Gasteiger partial charge on any atom is -0.465 e. The van der Waals surface area contributed by atoms with Crippen LogP contribution in [0.5, 0.6) is 0 Å². The third-order valence-corrected chi connectivity index (χ3v) is 3.88. The van der Waals surface area contributed by atoms with Crippen molar-refractivity contribution in [3.8, 4) is 5.69 Å². The molecule has 0 aliphatic heterocycles. The van der Waals surface area contributed by atoms with E-state index >= 15 is 0 Å². The number of anilines is 1. The van der Waals surface area contributed by atoms with Crippen molar-refractivity contribution in [2.24, 2.45) is 0 Å². The average Bonchev–Trinajstić information content (AvgIpc) is 2.62. The van der Waals surface area contributed by atoms with Gasteiger partial charge in [0.25, 0.3) is 5.56 Å². The molecule has 0 spiro atoms. The molecule has 0 aliphatic rings. The minimum absolute atomic E-state index is 0.115. The maximum absolute atomic E-state index is 13.0. The molecule has 0 unspecified atom stereocenters. The van der Waals surface area contributed by atoms with Gasteiger partial charge in [0.15, 0.2) is 0 Å². The Labute approximate surface area is 138 Å². The van der Waals surface area contributed by atoms with Crippen LogP contribution in [0.3, 0.4) is 0 Å². The van der Waals surface area contributed by atoms with Crippen molar-refractivity contribution in [1.29, 1.82) is 0 Å². The second-order valence-corrected chi connectivity index (χ2v) is 5.24. The molecule has 1 heterocycles. The van der Waals surface area contributed by atoms with Crippen LogP contribution in [0.25, 0.3) is 22.7 Å². The van der Waals surface area contributed by atoms with Crippen LogP contribution >= 0.6 is 0 Å². The van der Waals surface area contributed by atoms with Crippen LogP contribution in [0.1, 0.15) is 15.9 Å². The third-order valence-electron chi connectivity index (χ3n) is 3.88. The number of carbonyl (C=O) groups is 1. The molecule has 0 fully saturated rings. The highest BCUT2D eigenvalue weighted by atomic mass is 16.5. The Morgan fingerprint density at radius 1 is 1.21 bits per heavy atom. The van der Waals surface area contributed by atoms with Gasteiger partial charge >= 0.3 is 5.97 Å². The number of hydrogen-bond acceptors (Lipinski definition) is 4. The fourth-order valence-corrected chi connectivity index (χ4v) is 2.69. The zero-order chi connectivity index (χ0) is 17.3. The zero-order valence-corrected chi connectivity index (χ0v) is 13.2. The van der Waals surface area contributed by atoms with Crippen molar-refractivity contribution < 1.29 is 9.53 Å². The smallest absolute Gasteiger partial charge is 0.345 e. The number of fused-ring (bicyclic) bond motifs is 1. The molecule has 0 radical (unpaired) electrons. The summed E-state index contributed by atoms with van der Waals surface area (Å²) < 4.78 is 6.20. The number of nitrogens with zero attached hydrogens (tertiary/aromatic N) is 1. The second-order valence-electron chi connectivity index (χ2n) is 5.24. The average molecular weight is 320 g/mol. The predicted molar refractivity (Wildman–Crippen MR) is 95.4 cm³/mol. The molecular formula is C19H16N2O3. The Balaban J connectivity index is 2.53. The number of nitrogens with two attached hydrogens (primary N) is 1. The molecule has 0 atom stereocenters. The third kappa shape index (κ3) is 2.36. The lowest BCUT2D eigenvalue weighted by Crippen LogP contribution is -2.28. The second kappa shape index (κ2) is 6.04. The van der Waals surface area contributed by atoms with Gasteiger partial charge < -0.3 is 10.5 Å². The Bertz CT molecular complexity index is 1000. The van der Waals surface area contributed by atoms with Crippen LogP contribution in [-0.2, 0) is 4.74 Å². The fourth-order valence-electron chi connectivity index (χ4n) is 2.69. The number of hydrogen-bond donors (Lipinski definition) is 1. The van der Waals surface area contributed by atoms with E-state index in [0.29, 0.717) is 16.6 Å². The molecule has 2 aromatic carbocycles. The van der Waals surface area contributed by atoms with Crippen LogP contribution in [0.2, 0.25) is 0 Å². The first-order valence-electron chi connectivity index (χ1n) is 7.33. The van der Waals surface area contributed by atoms with E-state index in [9.17, 15) is 9.59 Å². The van der Waals surface area contributed by atoms with Crippen LogP contribution in [0.4, 0.5) is 5.69 Å².